The SMILES string of the molecule is CC(CNCCCN1CCN(c2ncccn2)CC1)c1ccccc1. The molecule has 1 atom stereocenters. The fraction of sp³-hybridized carbons (Fsp3) is 0.500. The zero-order valence-corrected chi connectivity index (χ0v) is 15.1. The van der Waals surface area contributed by atoms with Crippen molar-refractivity contribution in [2.45, 2.75) is 19.3 Å². The molecule has 1 aliphatic heterocycles. The largest absolute Gasteiger partial charge is 0.338 e. The minimum absolute atomic E-state index is 0.565. The van der Waals surface area contributed by atoms with Crippen molar-refractivity contribution in [3.63, 3.8) is 0 Å². The number of piperazine rings is 1. The van der Waals surface area contributed by atoms with E-state index in [0.29, 0.717) is 5.92 Å². The van der Waals surface area contributed by atoms with E-state index in [-0.39, 0.29) is 0 Å². The number of rotatable bonds is 8. The molecule has 1 fully saturated rings. The monoisotopic (exact) mass is 339 g/mol. The number of nitrogens with one attached hydrogen (secondary N) is 1. The molecule has 1 saturated heterocycles. The van der Waals surface area contributed by atoms with Crippen LogP contribution in [0.1, 0.15) is 24.8 Å². The maximum Gasteiger partial charge on any atom is 0.225 e. The second-order valence-corrected chi connectivity index (χ2v) is 6.75. The lowest BCUT2D eigenvalue weighted by Gasteiger charge is -2.34. The summed E-state index contributed by atoms with van der Waals surface area (Å²) in [5.41, 5.74) is 1.41. The van der Waals surface area contributed by atoms with Crippen molar-refractivity contribution < 1.29 is 0 Å². The van der Waals surface area contributed by atoms with E-state index in [1.165, 1.54) is 12.0 Å². The van der Waals surface area contributed by atoms with E-state index < -0.39 is 0 Å². The van der Waals surface area contributed by atoms with Crippen LogP contribution in [0.15, 0.2) is 48.8 Å². The van der Waals surface area contributed by atoms with E-state index in [1.54, 1.807) is 0 Å². The number of anilines is 1. The summed E-state index contributed by atoms with van der Waals surface area (Å²) in [4.78, 5) is 13.5. The van der Waals surface area contributed by atoms with Gasteiger partial charge in [0.25, 0.3) is 0 Å². The van der Waals surface area contributed by atoms with Crippen LogP contribution in [-0.2, 0) is 0 Å². The Labute approximate surface area is 151 Å². The summed E-state index contributed by atoms with van der Waals surface area (Å²) in [6.07, 6.45) is 4.83. The van der Waals surface area contributed by atoms with Crippen LogP contribution >= 0.6 is 0 Å². The summed E-state index contributed by atoms with van der Waals surface area (Å²) >= 11 is 0. The van der Waals surface area contributed by atoms with Crippen LogP contribution in [0.25, 0.3) is 0 Å². The third kappa shape index (κ3) is 5.51. The van der Waals surface area contributed by atoms with Gasteiger partial charge in [-0.05, 0) is 37.1 Å². The van der Waals surface area contributed by atoms with E-state index >= 15 is 0 Å². The minimum atomic E-state index is 0.565. The third-order valence-corrected chi connectivity index (χ3v) is 4.85. The van der Waals surface area contributed by atoms with Gasteiger partial charge in [-0.25, -0.2) is 9.97 Å². The fourth-order valence-electron chi connectivity index (χ4n) is 3.27. The number of nitrogens with zero attached hydrogens (tertiary/aromatic N) is 4. The standard InChI is InChI=1S/C20H29N5/c1-18(19-7-3-2-4-8-19)17-21-9-6-12-24-13-15-25(16-14-24)20-22-10-5-11-23-20/h2-5,7-8,10-11,18,21H,6,9,12-17H2,1H3. The first-order chi connectivity index (χ1) is 12.3. The molecular formula is C20H29N5. The highest BCUT2D eigenvalue weighted by Gasteiger charge is 2.18. The average molecular weight is 339 g/mol. The van der Waals surface area contributed by atoms with Gasteiger partial charge in [-0.1, -0.05) is 37.3 Å². The molecule has 3 rings (SSSR count). The maximum atomic E-state index is 4.34. The van der Waals surface area contributed by atoms with Gasteiger partial charge in [-0.15, -0.1) is 0 Å². The molecule has 0 amide bonds. The average Bonchev–Trinajstić information content (AvgIpc) is 2.69. The van der Waals surface area contributed by atoms with Crippen molar-refractivity contribution in [2.24, 2.45) is 0 Å². The molecule has 1 aromatic carbocycles. The Kier molecular flexibility index (Phi) is 6.77. The highest BCUT2D eigenvalue weighted by atomic mass is 15.3. The molecular weight excluding hydrogens is 310 g/mol. The number of aromatic nitrogens is 2. The molecule has 1 unspecified atom stereocenters. The molecule has 5 nitrogen and oxygen atoms in total. The molecule has 1 aromatic heterocycles. The van der Waals surface area contributed by atoms with Crippen LogP contribution in [0, 0.1) is 0 Å². The number of hydrogen-bond donors (Lipinski definition) is 1. The first-order valence-corrected chi connectivity index (χ1v) is 9.33. The Morgan fingerprint density at radius 2 is 1.72 bits per heavy atom. The van der Waals surface area contributed by atoms with Gasteiger partial charge < -0.3 is 10.2 Å². The van der Waals surface area contributed by atoms with Crippen LogP contribution in [-0.4, -0.2) is 60.7 Å². The fourth-order valence-corrected chi connectivity index (χ4v) is 3.27. The van der Waals surface area contributed by atoms with Crippen molar-refractivity contribution in [1.82, 2.24) is 20.2 Å². The second kappa shape index (κ2) is 9.49. The van der Waals surface area contributed by atoms with Gasteiger partial charge in [0.05, 0.1) is 0 Å². The van der Waals surface area contributed by atoms with Gasteiger partial charge in [-0.2, -0.15) is 0 Å². The number of benzene rings is 1. The topological polar surface area (TPSA) is 44.3 Å². The van der Waals surface area contributed by atoms with E-state index in [2.05, 4.69) is 62.3 Å². The zero-order valence-electron chi connectivity index (χ0n) is 15.1. The van der Waals surface area contributed by atoms with E-state index in [4.69, 9.17) is 0 Å². The summed E-state index contributed by atoms with van der Waals surface area (Å²) < 4.78 is 0. The van der Waals surface area contributed by atoms with Crippen LogP contribution in [0.2, 0.25) is 0 Å². The van der Waals surface area contributed by atoms with Crippen molar-refractivity contribution in [1.29, 1.82) is 0 Å². The quantitative estimate of drug-likeness (QED) is 0.748. The lowest BCUT2D eigenvalue weighted by Crippen LogP contribution is -2.47. The maximum absolute atomic E-state index is 4.34. The summed E-state index contributed by atoms with van der Waals surface area (Å²) in [7, 11) is 0. The van der Waals surface area contributed by atoms with E-state index in [9.17, 15) is 0 Å². The Balaban J connectivity index is 1.28. The van der Waals surface area contributed by atoms with Crippen LogP contribution in [0.3, 0.4) is 0 Å². The van der Waals surface area contributed by atoms with Gasteiger partial charge in [0.2, 0.25) is 5.95 Å². The van der Waals surface area contributed by atoms with Gasteiger partial charge >= 0.3 is 0 Å². The highest BCUT2D eigenvalue weighted by Crippen LogP contribution is 2.13. The smallest absolute Gasteiger partial charge is 0.225 e. The zero-order chi connectivity index (χ0) is 17.3. The normalized spacial score (nSPS) is 16.8. The Morgan fingerprint density at radius 1 is 1.00 bits per heavy atom. The van der Waals surface area contributed by atoms with E-state index in [1.807, 2.05) is 18.5 Å². The molecule has 0 aliphatic carbocycles. The third-order valence-electron chi connectivity index (χ3n) is 4.85. The van der Waals surface area contributed by atoms with Crippen LogP contribution in [0.5, 0.6) is 0 Å². The van der Waals surface area contributed by atoms with Gasteiger partial charge in [0.1, 0.15) is 0 Å². The molecule has 0 spiro atoms. The summed E-state index contributed by atoms with van der Waals surface area (Å²) in [5, 5.41) is 3.60. The second-order valence-electron chi connectivity index (χ2n) is 6.75. The summed E-state index contributed by atoms with van der Waals surface area (Å²) in [6, 6.07) is 12.6. The lowest BCUT2D eigenvalue weighted by atomic mass is 10.0. The summed E-state index contributed by atoms with van der Waals surface area (Å²) in [6.45, 7) is 9.80. The molecule has 1 N–H and O–H groups in total. The van der Waals surface area contributed by atoms with Crippen molar-refractivity contribution in [2.75, 3.05) is 50.7 Å². The van der Waals surface area contributed by atoms with Gasteiger partial charge in [-0.3, -0.25) is 4.90 Å². The van der Waals surface area contributed by atoms with Crippen molar-refractivity contribution in [3.8, 4) is 0 Å². The lowest BCUT2D eigenvalue weighted by molar-refractivity contribution is 0.252. The predicted molar refractivity (Wildman–Crippen MR) is 103 cm³/mol. The highest BCUT2D eigenvalue weighted by molar-refractivity contribution is 5.29. The molecule has 1 aliphatic rings. The first kappa shape index (κ1) is 17.8. The minimum Gasteiger partial charge on any atom is -0.338 e. The molecule has 0 saturated carbocycles. The first-order valence-electron chi connectivity index (χ1n) is 9.33. The predicted octanol–water partition coefficient (Wildman–Crippen LogP) is 2.38. The number of hydrogen-bond acceptors (Lipinski definition) is 5. The van der Waals surface area contributed by atoms with Gasteiger partial charge in [0.15, 0.2) is 0 Å². The molecule has 5 heteroatoms. The van der Waals surface area contributed by atoms with Crippen molar-refractivity contribution >= 4 is 5.95 Å². The van der Waals surface area contributed by atoms with Crippen LogP contribution in [0.4, 0.5) is 5.95 Å². The van der Waals surface area contributed by atoms with Gasteiger partial charge in [0, 0.05) is 45.1 Å². The van der Waals surface area contributed by atoms with Crippen LogP contribution < -0.4 is 10.2 Å². The molecule has 2 heterocycles. The molecule has 25 heavy (non-hydrogen) atoms. The molecule has 134 valence electrons. The Hall–Kier alpha value is -1.98. The van der Waals surface area contributed by atoms with Crippen molar-refractivity contribution in [3.05, 3.63) is 54.4 Å². The summed E-state index contributed by atoms with van der Waals surface area (Å²) in [5.74, 6) is 1.43. The molecule has 2 aromatic rings. The Bertz CT molecular complexity index is 596. The van der Waals surface area contributed by atoms with E-state index in [0.717, 1.165) is 51.8 Å². The Morgan fingerprint density at radius 3 is 2.44 bits per heavy atom. The molecule has 0 bridgehead atoms. The molecule has 0 radical (unpaired) electrons.